The van der Waals surface area contributed by atoms with Gasteiger partial charge in [0.15, 0.2) is 0 Å². The molecule has 1 atom stereocenters. The average molecular weight is 436 g/mol. The molecule has 3 N–H and O–H groups in total. The Balaban J connectivity index is 1.46. The number of halogens is 1. The first kappa shape index (κ1) is 19.6. The van der Waals surface area contributed by atoms with Crippen molar-refractivity contribution in [2.24, 2.45) is 5.73 Å². The topological polar surface area (TPSA) is 93.6 Å². The number of fused-ring (bicyclic) bond motifs is 1. The lowest BCUT2D eigenvalue weighted by Crippen LogP contribution is -2.26. The summed E-state index contributed by atoms with van der Waals surface area (Å²) in [6.07, 6.45) is 6.26. The highest BCUT2D eigenvalue weighted by molar-refractivity contribution is 6.32. The van der Waals surface area contributed by atoms with Crippen LogP contribution in [0.5, 0.6) is 5.75 Å². The van der Waals surface area contributed by atoms with E-state index >= 15 is 0 Å². The maximum atomic E-state index is 6.42. The Morgan fingerprint density at radius 2 is 2.10 bits per heavy atom. The molecule has 0 saturated carbocycles. The first-order chi connectivity index (χ1) is 15.1. The van der Waals surface area contributed by atoms with Crippen molar-refractivity contribution >= 4 is 34.6 Å². The molecule has 0 amide bonds. The van der Waals surface area contributed by atoms with Crippen molar-refractivity contribution in [2.75, 3.05) is 30.4 Å². The largest absolute Gasteiger partial charge is 0.494 e. The van der Waals surface area contributed by atoms with Gasteiger partial charge >= 0.3 is 0 Å². The minimum atomic E-state index is 0.212. The molecule has 1 saturated heterocycles. The van der Waals surface area contributed by atoms with E-state index in [2.05, 4.69) is 25.2 Å². The Kier molecular flexibility index (Phi) is 5.09. The lowest BCUT2D eigenvalue weighted by molar-refractivity contribution is 0.417. The number of aromatic nitrogens is 4. The molecule has 0 spiro atoms. The summed E-state index contributed by atoms with van der Waals surface area (Å²) in [6.45, 7) is 1.79. The fourth-order valence-corrected chi connectivity index (χ4v) is 4.02. The van der Waals surface area contributed by atoms with Crippen LogP contribution in [-0.2, 0) is 0 Å². The number of pyridine rings is 1. The first-order valence-corrected chi connectivity index (χ1v) is 10.4. The van der Waals surface area contributed by atoms with Crippen molar-refractivity contribution in [3.63, 3.8) is 0 Å². The molecule has 5 rings (SSSR count). The Morgan fingerprint density at radius 3 is 2.90 bits per heavy atom. The van der Waals surface area contributed by atoms with E-state index in [-0.39, 0.29) is 6.04 Å². The number of nitrogens with one attached hydrogen (secondary N) is 1. The number of rotatable bonds is 5. The van der Waals surface area contributed by atoms with Gasteiger partial charge in [-0.1, -0.05) is 17.7 Å². The zero-order valence-electron chi connectivity index (χ0n) is 17.0. The summed E-state index contributed by atoms with van der Waals surface area (Å²) in [5, 5.41) is 3.70. The molecule has 9 heteroatoms. The van der Waals surface area contributed by atoms with Crippen LogP contribution in [-0.4, -0.2) is 45.6 Å². The van der Waals surface area contributed by atoms with Crippen LogP contribution in [0.4, 0.5) is 17.3 Å². The van der Waals surface area contributed by atoms with Crippen LogP contribution in [0.3, 0.4) is 0 Å². The molecule has 1 aromatic carbocycles. The third-order valence-corrected chi connectivity index (χ3v) is 5.70. The molecular formula is C22H22ClN7O. The minimum absolute atomic E-state index is 0.212. The second kappa shape index (κ2) is 8.05. The van der Waals surface area contributed by atoms with Crippen molar-refractivity contribution < 1.29 is 4.74 Å². The van der Waals surface area contributed by atoms with Gasteiger partial charge in [0.05, 0.1) is 35.9 Å². The van der Waals surface area contributed by atoms with Gasteiger partial charge in [0.25, 0.3) is 0 Å². The van der Waals surface area contributed by atoms with Crippen LogP contribution in [0.15, 0.2) is 55.0 Å². The third kappa shape index (κ3) is 3.75. The van der Waals surface area contributed by atoms with Crippen LogP contribution in [0.2, 0.25) is 5.02 Å². The molecule has 1 aliphatic rings. The van der Waals surface area contributed by atoms with Crippen molar-refractivity contribution in [1.82, 2.24) is 19.4 Å². The Labute approximate surface area is 184 Å². The lowest BCUT2D eigenvalue weighted by Gasteiger charge is -2.20. The SMILES string of the molecule is COc1cc(N2CCC(N)C2)ccc1Nc1ncc(Cl)c(-c2cnc3ccccn23)n1. The molecule has 8 nitrogen and oxygen atoms in total. The van der Waals surface area contributed by atoms with E-state index in [0.29, 0.717) is 22.4 Å². The second-order valence-corrected chi connectivity index (χ2v) is 7.87. The molecule has 1 unspecified atom stereocenters. The molecule has 4 heterocycles. The predicted molar refractivity (Wildman–Crippen MR) is 122 cm³/mol. The van der Waals surface area contributed by atoms with E-state index in [1.807, 2.05) is 47.0 Å². The smallest absolute Gasteiger partial charge is 0.227 e. The van der Waals surface area contributed by atoms with Gasteiger partial charge < -0.3 is 20.7 Å². The minimum Gasteiger partial charge on any atom is -0.494 e. The molecule has 158 valence electrons. The summed E-state index contributed by atoms with van der Waals surface area (Å²) < 4.78 is 7.55. The first-order valence-electron chi connectivity index (χ1n) is 10.0. The Hall–Kier alpha value is -3.36. The second-order valence-electron chi connectivity index (χ2n) is 7.47. The Bertz CT molecular complexity index is 1240. The number of benzene rings is 1. The zero-order chi connectivity index (χ0) is 21.4. The zero-order valence-corrected chi connectivity index (χ0v) is 17.8. The number of nitrogens with two attached hydrogens (primary N) is 1. The fraction of sp³-hybridized carbons (Fsp3) is 0.227. The van der Waals surface area contributed by atoms with Gasteiger partial charge in [-0.15, -0.1) is 0 Å². The maximum Gasteiger partial charge on any atom is 0.227 e. The summed E-state index contributed by atoms with van der Waals surface area (Å²) in [5.74, 6) is 1.12. The highest BCUT2D eigenvalue weighted by Gasteiger charge is 2.20. The summed E-state index contributed by atoms with van der Waals surface area (Å²) in [7, 11) is 1.65. The van der Waals surface area contributed by atoms with E-state index < -0.39 is 0 Å². The number of ether oxygens (including phenoxy) is 1. The fourth-order valence-electron chi connectivity index (χ4n) is 3.84. The number of imidazole rings is 1. The van der Waals surface area contributed by atoms with Gasteiger partial charge in [-0.25, -0.2) is 15.0 Å². The third-order valence-electron chi connectivity index (χ3n) is 5.43. The van der Waals surface area contributed by atoms with Gasteiger partial charge in [-0.05, 0) is 30.7 Å². The Morgan fingerprint density at radius 1 is 1.19 bits per heavy atom. The van der Waals surface area contributed by atoms with Crippen molar-refractivity contribution in [2.45, 2.75) is 12.5 Å². The normalized spacial score (nSPS) is 16.1. The van der Waals surface area contributed by atoms with E-state index in [0.717, 1.165) is 42.2 Å². The predicted octanol–water partition coefficient (Wildman–Crippen LogP) is 3.73. The van der Waals surface area contributed by atoms with Crippen molar-refractivity contribution in [3.8, 4) is 17.1 Å². The molecule has 1 aliphatic heterocycles. The number of methoxy groups -OCH3 is 1. The van der Waals surface area contributed by atoms with Crippen LogP contribution in [0, 0.1) is 0 Å². The molecule has 3 aromatic heterocycles. The molecular weight excluding hydrogens is 414 g/mol. The number of anilines is 3. The lowest BCUT2D eigenvalue weighted by atomic mass is 10.2. The van der Waals surface area contributed by atoms with Crippen molar-refractivity contribution in [1.29, 1.82) is 0 Å². The number of hydrogen-bond donors (Lipinski definition) is 2. The highest BCUT2D eigenvalue weighted by Crippen LogP contribution is 2.33. The quantitative estimate of drug-likeness (QED) is 0.493. The van der Waals surface area contributed by atoms with E-state index in [1.54, 1.807) is 19.5 Å². The molecule has 1 fully saturated rings. The van der Waals surface area contributed by atoms with Crippen LogP contribution < -0.4 is 20.7 Å². The van der Waals surface area contributed by atoms with Gasteiger partial charge in [0.2, 0.25) is 5.95 Å². The standard InChI is InChI=1S/C22H22ClN7O/c1-31-19-10-15(29-9-7-14(24)13-29)5-6-17(19)27-22-26-11-16(23)21(28-22)18-12-25-20-4-2-3-8-30(18)20/h2-6,8,10-12,14H,7,9,13,24H2,1H3,(H,26,27,28). The maximum absolute atomic E-state index is 6.42. The van der Waals surface area contributed by atoms with E-state index in [9.17, 15) is 0 Å². The molecule has 31 heavy (non-hydrogen) atoms. The van der Waals surface area contributed by atoms with Gasteiger partial charge in [0, 0.05) is 37.1 Å². The summed E-state index contributed by atoms with van der Waals surface area (Å²) in [6, 6.07) is 12.0. The molecule has 0 aliphatic carbocycles. The molecule has 4 aromatic rings. The van der Waals surface area contributed by atoms with Gasteiger partial charge in [0.1, 0.15) is 17.1 Å². The van der Waals surface area contributed by atoms with Crippen LogP contribution in [0.1, 0.15) is 6.42 Å². The summed E-state index contributed by atoms with van der Waals surface area (Å²) >= 11 is 6.42. The average Bonchev–Trinajstić information content (AvgIpc) is 3.42. The molecule has 0 bridgehead atoms. The highest BCUT2D eigenvalue weighted by atomic mass is 35.5. The van der Waals surface area contributed by atoms with Crippen LogP contribution >= 0.6 is 11.6 Å². The number of hydrogen-bond acceptors (Lipinski definition) is 7. The van der Waals surface area contributed by atoms with Gasteiger partial charge in [-0.3, -0.25) is 4.40 Å². The summed E-state index contributed by atoms with van der Waals surface area (Å²) in [5.41, 5.74) is 10.1. The van der Waals surface area contributed by atoms with Crippen molar-refractivity contribution in [3.05, 3.63) is 60.0 Å². The molecule has 0 radical (unpaired) electrons. The van der Waals surface area contributed by atoms with E-state index in [1.165, 1.54) is 0 Å². The van der Waals surface area contributed by atoms with Gasteiger partial charge in [-0.2, -0.15) is 0 Å². The summed E-state index contributed by atoms with van der Waals surface area (Å²) in [4.78, 5) is 15.7. The number of nitrogens with zero attached hydrogens (tertiary/aromatic N) is 5. The monoisotopic (exact) mass is 435 g/mol. The van der Waals surface area contributed by atoms with E-state index in [4.69, 9.17) is 22.1 Å². The van der Waals surface area contributed by atoms with Crippen LogP contribution in [0.25, 0.3) is 17.0 Å².